The van der Waals surface area contributed by atoms with Gasteiger partial charge in [0.25, 0.3) is 5.91 Å². The third kappa shape index (κ3) is 2.88. The summed E-state index contributed by atoms with van der Waals surface area (Å²) in [6.07, 6.45) is 1.66. The molecule has 3 rings (SSSR count). The minimum atomic E-state index is -1.38. The maximum absolute atomic E-state index is 12.5. The molecule has 1 amide bonds. The highest BCUT2D eigenvalue weighted by molar-refractivity contribution is 6.30. The third-order valence-electron chi connectivity index (χ3n) is 4.11. The number of aliphatic carboxylic acids is 1. The lowest BCUT2D eigenvalue weighted by Gasteiger charge is -2.23. The molecule has 0 spiro atoms. The number of hydrogen-bond acceptors (Lipinski definition) is 4. The normalized spacial score (nSPS) is 20.1. The summed E-state index contributed by atoms with van der Waals surface area (Å²) in [4.78, 5) is 24.0. The van der Waals surface area contributed by atoms with E-state index in [0.717, 1.165) is 5.69 Å². The SMILES string of the molecule is Cc1c(C(=O)NC2(C(=O)O)CCOC2)cnn1-c1ccc(Cl)cc1. The summed E-state index contributed by atoms with van der Waals surface area (Å²) in [5.74, 6) is -1.59. The van der Waals surface area contributed by atoms with E-state index < -0.39 is 17.4 Å². The molecule has 126 valence electrons. The Balaban J connectivity index is 1.86. The van der Waals surface area contributed by atoms with Crippen molar-refractivity contribution in [1.82, 2.24) is 15.1 Å². The molecule has 1 unspecified atom stereocenters. The molecule has 2 aromatic rings. The average molecular weight is 350 g/mol. The molecule has 2 heterocycles. The van der Waals surface area contributed by atoms with Crippen LogP contribution in [0.5, 0.6) is 0 Å². The summed E-state index contributed by atoms with van der Waals surface area (Å²) < 4.78 is 6.75. The Labute approximate surface area is 143 Å². The highest BCUT2D eigenvalue weighted by Crippen LogP contribution is 2.21. The van der Waals surface area contributed by atoms with E-state index in [2.05, 4.69) is 10.4 Å². The van der Waals surface area contributed by atoms with Crippen LogP contribution < -0.4 is 5.32 Å². The standard InChI is InChI=1S/C16H16ClN3O4/c1-10-13(8-18-20(10)12-4-2-11(17)3-5-12)14(21)19-16(15(22)23)6-7-24-9-16/h2-5,8H,6-7,9H2,1H3,(H,19,21)(H,22,23). The monoisotopic (exact) mass is 349 g/mol. The zero-order valence-electron chi connectivity index (χ0n) is 13.0. The van der Waals surface area contributed by atoms with Gasteiger partial charge in [-0.2, -0.15) is 5.10 Å². The quantitative estimate of drug-likeness (QED) is 0.878. The molecule has 24 heavy (non-hydrogen) atoms. The molecule has 0 radical (unpaired) electrons. The first-order valence-corrected chi connectivity index (χ1v) is 7.75. The van der Waals surface area contributed by atoms with Crippen molar-refractivity contribution in [3.05, 3.63) is 46.7 Å². The van der Waals surface area contributed by atoms with Crippen LogP contribution in [0.1, 0.15) is 22.5 Å². The topological polar surface area (TPSA) is 93.5 Å². The van der Waals surface area contributed by atoms with Gasteiger partial charge < -0.3 is 15.2 Å². The second-order valence-corrected chi connectivity index (χ2v) is 6.11. The van der Waals surface area contributed by atoms with Crippen LogP contribution in [0.25, 0.3) is 5.69 Å². The number of carbonyl (C=O) groups excluding carboxylic acids is 1. The molecule has 1 aliphatic heterocycles. The molecular weight excluding hydrogens is 334 g/mol. The van der Waals surface area contributed by atoms with Gasteiger partial charge >= 0.3 is 5.97 Å². The molecule has 7 nitrogen and oxygen atoms in total. The number of hydrogen-bond donors (Lipinski definition) is 2. The first-order valence-electron chi connectivity index (χ1n) is 7.37. The van der Waals surface area contributed by atoms with Crippen LogP contribution in [0.15, 0.2) is 30.5 Å². The zero-order valence-corrected chi connectivity index (χ0v) is 13.7. The Bertz CT molecular complexity index is 779. The minimum absolute atomic E-state index is 0.0432. The Morgan fingerprint density at radius 2 is 2.08 bits per heavy atom. The van der Waals surface area contributed by atoms with E-state index >= 15 is 0 Å². The predicted molar refractivity (Wildman–Crippen MR) is 86.6 cm³/mol. The van der Waals surface area contributed by atoms with Crippen LogP contribution in [0.3, 0.4) is 0 Å². The fraction of sp³-hybridized carbons (Fsp3) is 0.312. The lowest BCUT2D eigenvalue weighted by atomic mass is 9.98. The number of nitrogens with zero attached hydrogens (tertiary/aromatic N) is 2. The smallest absolute Gasteiger partial charge is 0.331 e. The molecule has 1 aliphatic rings. The molecule has 2 N–H and O–H groups in total. The molecule has 0 saturated carbocycles. The number of rotatable bonds is 4. The van der Waals surface area contributed by atoms with Gasteiger partial charge in [0.05, 0.1) is 29.7 Å². The average Bonchev–Trinajstić information content (AvgIpc) is 3.16. The Kier molecular flexibility index (Phi) is 4.29. The number of carboxylic acid groups (broad SMARTS) is 1. The van der Waals surface area contributed by atoms with Gasteiger partial charge in [0.2, 0.25) is 0 Å². The van der Waals surface area contributed by atoms with Crippen LogP contribution in [0.2, 0.25) is 5.02 Å². The van der Waals surface area contributed by atoms with Gasteiger partial charge in [-0.25, -0.2) is 9.48 Å². The molecular formula is C16H16ClN3O4. The first kappa shape index (κ1) is 16.5. The summed E-state index contributed by atoms with van der Waals surface area (Å²) in [6, 6.07) is 7.03. The highest BCUT2D eigenvalue weighted by Gasteiger charge is 2.44. The summed E-state index contributed by atoms with van der Waals surface area (Å²) in [5, 5.41) is 16.8. The summed E-state index contributed by atoms with van der Waals surface area (Å²) >= 11 is 5.87. The van der Waals surface area contributed by atoms with E-state index in [9.17, 15) is 14.7 Å². The Morgan fingerprint density at radius 3 is 2.67 bits per heavy atom. The number of ether oxygens (including phenoxy) is 1. The van der Waals surface area contributed by atoms with Crippen molar-refractivity contribution >= 4 is 23.5 Å². The maximum Gasteiger partial charge on any atom is 0.331 e. The fourth-order valence-corrected chi connectivity index (χ4v) is 2.77. The second-order valence-electron chi connectivity index (χ2n) is 5.68. The van der Waals surface area contributed by atoms with Crippen LogP contribution in [-0.4, -0.2) is 45.5 Å². The largest absolute Gasteiger partial charge is 0.479 e. The molecule has 0 bridgehead atoms. The summed E-state index contributed by atoms with van der Waals surface area (Å²) in [6.45, 7) is 2.00. The fourth-order valence-electron chi connectivity index (χ4n) is 2.65. The van der Waals surface area contributed by atoms with Crippen molar-refractivity contribution in [3.63, 3.8) is 0 Å². The van der Waals surface area contributed by atoms with E-state index in [1.54, 1.807) is 35.9 Å². The number of carbonyl (C=O) groups is 2. The van der Waals surface area contributed by atoms with Gasteiger partial charge in [-0.1, -0.05) is 11.6 Å². The molecule has 1 atom stereocenters. The van der Waals surface area contributed by atoms with Crippen molar-refractivity contribution in [2.75, 3.05) is 13.2 Å². The molecule has 1 fully saturated rings. The van der Waals surface area contributed by atoms with E-state index in [1.165, 1.54) is 6.20 Å². The van der Waals surface area contributed by atoms with Crippen molar-refractivity contribution < 1.29 is 19.4 Å². The molecule has 1 saturated heterocycles. The van der Waals surface area contributed by atoms with Crippen LogP contribution >= 0.6 is 11.6 Å². The minimum Gasteiger partial charge on any atom is -0.479 e. The number of amides is 1. The number of halogens is 1. The maximum atomic E-state index is 12.5. The van der Waals surface area contributed by atoms with Crippen molar-refractivity contribution in [1.29, 1.82) is 0 Å². The van der Waals surface area contributed by atoms with Gasteiger partial charge in [-0.15, -0.1) is 0 Å². The van der Waals surface area contributed by atoms with Crippen LogP contribution in [0, 0.1) is 6.92 Å². The lowest BCUT2D eigenvalue weighted by molar-refractivity contribution is -0.144. The predicted octanol–water partition coefficient (Wildman–Crippen LogP) is 1.81. The van der Waals surface area contributed by atoms with Gasteiger partial charge in [0.15, 0.2) is 5.54 Å². The second kappa shape index (κ2) is 6.26. The third-order valence-corrected chi connectivity index (χ3v) is 4.36. The highest BCUT2D eigenvalue weighted by atomic mass is 35.5. The van der Waals surface area contributed by atoms with E-state index in [1.807, 2.05) is 0 Å². The number of benzene rings is 1. The summed E-state index contributed by atoms with van der Waals surface area (Å²) in [5.41, 5.74) is 0.297. The number of aromatic nitrogens is 2. The van der Waals surface area contributed by atoms with E-state index in [4.69, 9.17) is 16.3 Å². The lowest BCUT2D eigenvalue weighted by Crippen LogP contribution is -2.55. The molecule has 1 aromatic carbocycles. The van der Waals surface area contributed by atoms with Crippen LogP contribution in [0.4, 0.5) is 0 Å². The zero-order chi connectivity index (χ0) is 17.3. The van der Waals surface area contributed by atoms with E-state index in [0.29, 0.717) is 22.9 Å². The van der Waals surface area contributed by atoms with Gasteiger partial charge in [0.1, 0.15) is 0 Å². The van der Waals surface area contributed by atoms with E-state index in [-0.39, 0.29) is 13.0 Å². The number of carboxylic acids is 1. The van der Waals surface area contributed by atoms with Crippen molar-refractivity contribution in [2.45, 2.75) is 18.9 Å². The summed E-state index contributed by atoms with van der Waals surface area (Å²) in [7, 11) is 0. The first-order chi connectivity index (χ1) is 11.4. The van der Waals surface area contributed by atoms with Crippen molar-refractivity contribution in [2.24, 2.45) is 0 Å². The van der Waals surface area contributed by atoms with Gasteiger partial charge in [-0.3, -0.25) is 4.79 Å². The Morgan fingerprint density at radius 1 is 1.38 bits per heavy atom. The van der Waals surface area contributed by atoms with Crippen molar-refractivity contribution in [3.8, 4) is 5.69 Å². The molecule has 0 aliphatic carbocycles. The van der Waals surface area contributed by atoms with Gasteiger partial charge in [-0.05, 0) is 31.2 Å². The molecule has 8 heteroatoms. The van der Waals surface area contributed by atoms with Crippen LogP contribution in [-0.2, 0) is 9.53 Å². The van der Waals surface area contributed by atoms with Gasteiger partial charge in [0, 0.05) is 18.1 Å². The number of nitrogens with one attached hydrogen (secondary N) is 1. The Hall–Kier alpha value is -2.38. The molecule has 1 aromatic heterocycles.